The third-order valence-electron chi connectivity index (χ3n) is 6.80. The molecule has 1 saturated heterocycles. The number of nitrogens with zero attached hydrogens (tertiary/aromatic N) is 5. The van der Waals surface area contributed by atoms with Gasteiger partial charge >= 0.3 is 0 Å². The number of nitriles is 1. The third kappa shape index (κ3) is 5.95. The van der Waals surface area contributed by atoms with Crippen molar-refractivity contribution in [2.45, 2.75) is 72.0 Å². The van der Waals surface area contributed by atoms with Gasteiger partial charge in [0.05, 0.1) is 46.5 Å². The summed E-state index contributed by atoms with van der Waals surface area (Å²) in [6.07, 6.45) is -0.224. The Hall–Kier alpha value is -3.49. The van der Waals surface area contributed by atoms with Gasteiger partial charge in [-0.15, -0.1) is 10.2 Å². The molecule has 12 heteroatoms. The minimum absolute atomic E-state index is 0.00584. The van der Waals surface area contributed by atoms with Crippen molar-refractivity contribution in [1.82, 2.24) is 20.0 Å². The highest BCUT2D eigenvalue weighted by atomic mass is 35.5. The number of hydrogen-bond donors (Lipinski definition) is 0. The normalized spacial score (nSPS) is 17.5. The van der Waals surface area contributed by atoms with E-state index in [9.17, 15) is 5.26 Å². The first-order valence-electron chi connectivity index (χ1n) is 12.9. The van der Waals surface area contributed by atoms with Gasteiger partial charge in [0.15, 0.2) is 17.4 Å². The predicted octanol–water partition coefficient (Wildman–Crippen LogP) is 7.18. The summed E-state index contributed by atoms with van der Waals surface area (Å²) in [6.45, 7) is 12.0. The topological polar surface area (TPSA) is 108 Å². The van der Waals surface area contributed by atoms with Gasteiger partial charge < -0.3 is 18.6 Å². The van der Waals surface area contributed by atoms with Crippen molar-refractivity contribution < 1.29 is 23.0 Å². The fraction of sp³-hybridized carbons (Fsp3) is 0.379. The van der Waals surface area contributed by atoms with Crippen LogP contribution in [0.1, 0.15) is 56.1 Å². The number of ether oxygens (including phenoxy) is 3. The van der Waals surface area contributed by atoms with Crippen molar-refractivity contribution in [3.63, 3.8) is 0 Å². The number of aromatic nitrogens is 4. The van der Waals surface area contributed by atoms with E-state index in [0.29, 0.717) is 17.8 Å². The first-order valence-corrected chi connectivity index (χ1v) is 13.6. The Morgan fingerprint density at radius 2 is 1.88 bits per heavy atom. The summed E-state index contributed by atoms with van der Waals surface area (Å²) in [5.41, 5.74) is 2.24. The summed E-state index contributed by atoms with van der Waals surface area (Å²) in [5, 5.41) is 22.6. The Labute approximate surface area is 246 Å². The number of hydrogen-bond acceptors (Lipinski definition) is 8. The van der Waals surface area contributed by atoms with Crippen LogP contribution in [-0.4, -0.2) is 37.5 Å². The lowest BCUT2D eigenvalue weighted by molar-refractivity contribution is -0.158. The van der Waals surface area contributed by atoms with Crippen LogP contribution in [-0.2, 0) is 22.4 Å². The van der Waals surface area contributed by atoms with Gasteiger partial charge in [0, 0.05) is 16.3 Å². The molecule has 1 fully saturated rings. The van der Waals surface area contributed by atoms with Crippen LogP contribution >= 0.6 is 23.2 Å². The Kier molecular flexibility index (Phi) is 7.59. The summed E-state index contributed by atoms with van der Waals surface area (Å²) in [7, 11) is 0. The lowest BCUT2D eigenvalue weighted by Gasteiger charge is -2.24. The second-order valence-corrected chi connectivity index (χ2v) is 11.7. The average molecular weight is 600 g/mol. The highest BCUT2D eigenvalue weighted by molar-refractivity contribution is 6.32. The van der Waals surface area contributed by atoms with E-state index in [2.05, 4.69) is 15.3 Å². The molecule has 0 N–H and O–H groups in total. The standard InChI is InChI=1S/C29H28Cl2FN5O4/c1-15-24(16(2)37(36-15)14-22-28(3,4)41-29(5,6)40-22)27-35-34-23(39-27)11-18-7-8-21(31)26(25(18)32)38-20-10-17(13-33)9-19(30)12-20/h7-10,12,22H,11,14H2,1-6H3/t22-/m0/s1. The zero-order chi connectivity index (χ0) is 29.7. The fourth-order valence-electron chi connectivity index (χ4n) is 5.00. The molecule has 0 spiro atoms. The van der Waals surface area contributed by atoms with Gasteiger partial charge in [0.2, 0.25) is 5.89 Å². The summed E-state index contributed by atoms with van der Waals surface area (Å²) in [4.78, 5) is 0. The van der Waals surface area contributed by atoms with E-state index in [0.717, 1.165) is 5.69 Å². The largest absolute Gasteiger partial charge is 0.453 e. The maximum Gasteiger partial charge on any atom is 0.251 e. The molecule has 41 heavy (non-hydrogen) atoms. The molecule has 1 atom stereocenters. The molecular formula is C29H28Cl2FN5O4. The van der Waals surface area contributed by atoms with E-state index >= 15 is 4.39 Å². The van der Waals surface area contributed by atoms with Crippen molar-refractivity contribution in [2.24, 2.45) is 0 Å². The summed E-state index contributed by atoms with van der Waals surface area (Å²) in [6, 6.07) is 9.40. The fourth-order valence-corrected chi connectivity index (χ4v) is 5.41. The van der Waals surface area contributed by atoms with Gasteiger partial charge in [0.1, 0.15) is 11.9 Å². The smallest absolute Gasteiger partial charge is 0.251 e. The van der Waals surface area contributed by atoms with Crippen LogP contribution in [0.4, 0.5) is 4.39 Å². The first-order chi connectivity index (χ1) is 19.3. The van der Waals surface area contributed by atoms with E-state index in [1.54, 1.807) is 0 Å². The van der Waals surface area contributed by atoms with Gasteiger partial charge in [-0.25, -0.2) is 4.39 Å². The second kappa shape index (κ2) is 10.7. The molecule has 5 rings (SSSR count). The molecule has 1 aliphatic rings. The van der Waals surface area contributed by atoms with Crippen LogP contribution in [0.3, 0.4) is 0 Å². The highest BCUT2D eigenvalue weighted by Gasteiger charge is 2.47. The lowest BCUT2D eigenvalue weighted by atomic mass is 10.0. The van der Waals surface area contributed by atoms with Crippen LogP contribution < -0.4 is 4.74 Å². The second-order valence-electron chi connectivity index (χ2n) is 10.9. The van der Waals surface area contributed by atoms with Gasteiger partial charge in [-0.2, -0.15) is 10.4 Å². The van der Waals surface area contributed by atoms with E-state index in [1.807, 2.05) is 52.3 Å². The summed E-state index contributed by atoms with van der Waals surface area (Å²) in [5.74, 6) is -0.935. The van der Waals surface area contributed by atoms with Crippen LogP contribution in [0.5, 0.6) is 11.5 Å². The Bertz CT molecular complexity index is 1670. The lowest BCUT2D eigenvalue weighted by Crippen LogP contribution is -2.36. The highest BCUT2D eigenvalue weighted by Crippen LogP contribution is 2.38. The molecule has 0 saturated carbocycles. The van der Waals surface area contributed by atoms with Crippen LogP contribution in [0, 0.1) is 31.0 Å². The number of benzene rings is 2. The van der Waals surface area contributed by atoms with E-state index in [4.69, 9.17) is 41.8 Å². The first kappa shape index (κ1) is 29.0. The monoisotopic (exact) mass is 599 g/mol. The average Bonchev–Trinajstić information content (AvgIpc) is 3.50. The quantitative estimate of drug-likeness (QED) is 0.220. The van der Waals surface area contributed by atoms with Crippen molar-refractivity contribution >= 4 is 23.2 Å². The minimum Gasteiger partial charge on any atom is -0.453 e. The van der Waals surface area contributed by atoms with Gasteiger partial charge in [-0.1, -0.05) is 29.3 Å². The molecule has 0 radical (unpaired) electrons. The molecule has 0 unspecified atom stereocenters. The van der Waals surface area contributed by atoms with Gasteiger partial charge in [0.25, 0.3) is 5.89 Å². The zero-order valence-corrected chi connectivity index (χ0v) is 24.9. The molecule has 0 aliphatic carbocycles. The summed E-state index contributed by atoms with van der Waals surface area (Å²) < 4.78 is 41.2. The molecule has 2 aromatic heterocycles. The molecule has 0 amide bonds. The maximum absolute atomic E-state index is 15.5. The number of rotatable bonds is 7. The van der Waals surface area contributed by atoms with Crippen molar-refractivity contribution in [3.8, 4) is 29.0 Å². The number of aryl methyl sites for hydroxylation is 1. The molecule has 0 bridgehead atoms. The van der Waals surface area contributed by atoms with Gasteiger partial charge in [-0.3, -0.25) is 4.68 Å². The predicted molar refractivity (Wildman–Crippen MR) is 150 cm³/mol. The van der Waals surface area contributed by atoms with Crippen LogP contribution in [0.25, 0.3) is 11.5 Å². The SMILES string of the molecule is Cc1nn(C[C@@H]2OC(C)(C)OC2(C)C)c(C)c1-c1nnc(Cc2ccc(Cl)c(Oc3cc(Cl)cc(C#N)c3)c2F)o1. The van der Waals surface area contributed by atoms with Crippen LogP contribution in [0.2, 0.25) is 10.0 Å². The van der Waals surface area contributed by atoms with Crippen molar-refractivity contribution in [2.75, 3.05) is 0 Å². The molecule has 3 heterocycles. The van der Waals surface area contributed by atoms with E-state index in [1.165, 1.54) is 30.3 Å². The maximum atomic E-state index is 15.5. The molecule has 2 aromatic carbocycles. The number of halogens is 3. The Balaban J connectivity index is 1.37. The van der Waals surface area contributed by atoms with Gasteiger partial charge in [-0.05, 0) is 65.8 Å². The van der Waals surface area contributed by atoms with Crippen molar-refractivity contribution in [1.29, 1.82) is 5.26 Å². The van der Waals surface area contributed by atoms with E-state index < -0.39 is 17.2 Å². The Morgan fingerprint density at radius 3 is 2.56 bits per heavy atom. The van der Waals surface area contributed by atoms with E-state index in [-0.39, 0.29) is 57.0 Å². The minimum atomic E-state index is -0.694. The molecule has 1 aliphatic heterocycles. The molecule has 4 aromatic rings. The van der Waals surface area contributed by atoms with Crippen LogP contribution in [0.15, 0.2) is 34.7 Å². The van der Waals surface area contributed by atoms with Crippen molar-refractivity contribution in [3.05, 3.63) is 74.6 Å². The third-order valence-corrected chi connectivity index (χ3v) is 7.32. The zero-order valence-electron chi connectivity index (χ0n) is 23.4. The molecular weight excluding hydrogens is 572 g/mol. The Morgan fingerprint density at radius 1 is 1.12 bits per heavy atom. The molecule has 214 valence electrons. The summed E-state index contributed by atoms with van der Waals surface area (Å²) >= 11 is 12.3. The molecule has 9 nitrogen and oxygen atoms in total.